The number of halogens is 1. The van der Waals surface area contributed by atoms with Gasteiger partial charge in [-0.3, -0.25) is 10.1 Å². The molecule has 0 aromatic heterocycles. The molecule has 0 aliphatic rings. The molecule has 0 amide bonds. The Morgan fingerprint density at radius 1 is 1.14 bits per heavy atom. The van der Waals surface area contributed by atoms with E-state index in [9.17, 15) is 10.1 Å². The van der Waals surface area contributed by atoms with E-state index in [0.717, 1.165) is 24.9 Å². The van der Waals surface area contributed by atoms with Crippen LogP contribution in [-0.4, -0.2) is 11.5 Å². The summed E-state index contributed by atoms with van der Waals surface area (Å²) in [6, 6.07) is 14.8. The lowest BCUT2D eigenvalue weighted by atomic mass is 10.1. The molecule has 0 heterocycles. The Labute approximate surface area is 128 Å². The van der Waals surface area contributed by atoms with E-state index in [4.69, 9.17) is 11.6 Å². The van der Waals surface area contributed by atoms with Gasteiger partial charge in [0.25, 0.3) is 5.69 Å². The molecule has 0 atom stereocenters. The molecule has 0 fully saturated rings. The summed E-state index contributed by atoms with van der Waals surface area (Å²) in [7, 11) is 0. The van der Waals surface area contributed by atoms with E-state index in [1.165, 1.54) is 17.7 Å². The number of nitrogens with one attached hydrogen (secondary N) is 1. The SMILES string of the molecule is O=[N+]([O-])c1ccc(Cl)c(CNCCCc2ccccc2)c1. The van der Waals surface area contributed by atoms with Crippen LogP contribution in [0, 0.1) is 10.1 Å². The molecule has 0 saturated heterocycles. The van der Waals surface area contributed by atoms with Crippen LogP contribution in [-0.2, 0) is 13.0 Å². The summed E-state index contributed by atoms with van der Waals surface area (Å²) in [4.78, 5) is 10.3. The van der Waals surface area contributed by atoms with Crippen molar-refractivity contribution in [3.05, 3.63) is 74.8 Å². The Morgan fingerprint density at radius 3 is 2.62 bits per heavy atom. The molecular formula is C16H17ClN2O2. The Morgan fingerprint density at radius 2 is 1.90 bits per heavy atom. The molecule has 2 aromatic carbocycles. The molecule has 21 heavy (non-hydrogen) atoms. The maximum absolute atomic E-state index is 10.7. The maximum atomic E-state index is 10.7. The first kappa shape index (κ1) is 15.5. The van der Waals surface area contributed by atoms with Crippen LogP contribution in [0.3, 0.4) is 0 Å². The molecule has 0 aliphatic heterocycles. The monoisotopic (exact) mass is 304 g/mol. The molecular weight excluding hydrogens is 288 g/mol. The highest BCUT2D eigenvalue weighted by molar-refractivity contribution is 6.31. The molecule has 5 heteroatoms. The van der Waals surface area contributed by atoms with E-state index in [0.29, 0.717) is 11.6 Å². The van der Waals surface area contributed by atoms with Gasteiger partial charge in [0, 0.05) is 23.7 Å². The summed E-state index contributed by atoms with van der Waals surface area (Å²) in [5, 5.41) is 14.6. The van der Waals surface area contributed by atoms with Gasteiger partial charge in [-0.15, -0.1) is 0 Å². The van der Waals surface area contributed by atoms with E-state index in [1.54, 1.807) is 6.07 Å². The number of rotatable bonds is 7. The van der Waals surface area contributed by atoms with Crippen LogP contribution in [0.15, 0.2) is 48.5 Å². The van der Waals surface area contributed by atoms with Gasteiger partial charge >= 0.3 is 0 Å². The topological polar surface area (TPSA) is 55.2 Å². The van der Waals surface area contributed by atoms with Crippen molar-refractivity contribution in [2.45, 2.75) is 19.4 Å². The van der Waals surface area contributed by atoms with Gasteiger partial charge in [0.15, 0.2) is 0 Å². The number of hydrogen-bond acceptors (Lipinski definition) is 3. The Hall–Kier alpha value is -1.91. The number of hydrogen-bond donors (Lipinski definition) is 1. The van der Waals surface area contributed by atoms with Crippen LogP contribution in [0.5, 0.6) is 0 Å². The van der Waals surface area contributed by atoms with E-state index in [1.807, 2.05) is 18.2 Å². The highest BCUT2D eigenvalue weighted by Gasteiger charge is 2.09. The number of nitrogens with zero attached hydrogens (tertiary/aromatic N) is 1. The molecule has 0 unspecified atom stereocenters. The van der Waals surface area contributed by atoms with Crippen molar-refractivity contribution in [3.63, 3.8) is 0 Å². The van der Waals surface area contributed by atoms with Crippen molar-refractivity contribution in [2.24, 2.45) is 0 Å². The number of nitro groups is 1. The highest BCUT2D eigenvalue weighted by Crippen LogP contribution is 2.21. The van der Waals surface area contributed by atoms with Crippen LogP contribution in [0.1, 0.15) is 17.5 Å². The minimum Gasteiger partial charge on any atom is -0.313 e. The van der Waals surface area contributed by atoms with Gasteiger partial charge in [0.2, 0.25) is 0 Å². The zero-order valence-electron chi connectivity index (χ0n) is 11.6. The van der Waals surface area contributed by atoms with Crippen LogP contribution >= 0.6 is 11.6 Å². The maximum Gasteiger partial charge on any atom is 0.269 e. The second kappa shape index (κ2) is 7.76. The van der Waals surface area contributed by atoms with Gasteiger partial charge in [-0.25, -0.2) is 0 Å². The first-order valence-electron chi connectivity index (χ1n) is 6.84. The minimum absolute atomic E-state index is 0.0699. The van der Waals surface area contributed by atoms with Gasteiger partial charge in [0.05, 0.1) is 4.92 Å². The third-order valence-electron chi connectivity index (χ3n) is 3.22. The minimum atomic E-state index is -0.408. The van der Waals surface area contributed by atoms with Crippen molar-refractivity contribution in [1.82, 2.24) is 5.32 Å². The van der Waals surface area contributed by atoms with Gasteiger partial charge in [-0.05, 0) is 36.6 Å². The molecule has 0 saturated carbocycles. The van der Waals surface area contributed by atoms with Crippen molar-refractivity contribution in [1.29, 1.82) is 0 Å². The number of aryl methyl sites for hydroxylation is 1. The lowest BCUT2D eigenvalue weighted by molar-refractivity contribution is -0.384. The molecule has 2 aromatic rings. The summed E-state index contributed by atoms with van der Waals surface area (Å²) in [6.45, 7) is 1.38. The predicted molar refractivity (Wildman–Crippen MR) is 84.6 cm³/mol. The fourth-order valence-corrected chi connectivity index (χ4v) is 2.28. The Kier molecular flexibility index (Phi) is 5.72. The number of benzene rings is 2. The highest BCUT2D eigenvalue weighted by atomic mass is 35.5. The largest absolute Gasteiger partial charge is 0.313 e. The average Bonchev–Trinajstić information content (AvgIpc) is 2.49. The average molecular weight is 305 g/mol. The first-order chi connectivity index (χ1) is 10.2. The lowest BCUT2D eigenvalue weighted by Gasteiger charge is -2.07. The summed E-state index contributed by atoms with van der Waals surface area (Å²) in [5.74, 6) is 0. The molecule has 0 radical (unpaired) electrons. The second-order valence-electron chi connectivity index (χ2n) is 4.80. The Balaban J connectivity index is 1.78. The third kappa shape index (κ3) is 4.85. The zero-order chi connectivity index (χ0) is 15.1. The summed E-state index contributed by atoms with van der Waals surface area (Å²) in [5.41, 5.74) is 2.14. The second-order valence-corrected chi connectivity index (χ2v) is 5.21. The molecule has 1 N–H and O–H groups in total. The smallest absolute Gasteiger partial charge is 0.269 e. The first-order valence-corrected chi connectivity index (χ1v) is 7.22. The lowest BCUT2D eigenvalue weighted by Crippen LogP contribution is -2.15. The van der Waals surface area contributed by atoms with E-state index in [2.05, 4.69) is 17.4 Å². The molecule has 0 aliphatic carbocycles. The summed E-state index contributed by atoms with van der Waals surface area (Å²) in [6.07, 6.45) is 2.02. The van der Waals surface area contributed by atoms with Crippen molar-refractivity contribution in [2.75, 3.05) is 6.54 Å². The number of non-ortho nitro benzene ring substituents is 1. The van der Waals surface area contributed by atoms with Gasteiger partial charge in [-0.2, -0.15) is 0 Å². The van der Waals surface area contributed by atoms with Crippen molar-refractivity contribution >= 4 is 17.3 Å². The fourth-order valence-electron chi connectivity index (χ4n) is 2.10. The quantitative estimate of drug-likeness (QED) is 0.478. The molecule has 0 spiro atoms. The standard InChI is InChI=1S/C16H17ClN2O2/c17-16-9-8-15(19(20)21)11-14(16)12-18-10-4-7-13-5-2-1-3-6-13/h1-3,5-6,8-9,11,18H,4,7,10,12H2. The van der Waals surface area contributed by atoms with Crippen molar-refractivity contribution in [3.8, 4) is 0 Å². The van der Waals surface area contributed by atoms with Crippen LogP contribution in [0.25, 0.3) is 0 Å². The van der Waals surface area contributed by atoms with Crippen LogP contribution in [0.2, 0.25) is 5.02 Å². The van der Waals surface area contributed by atoms with Gasteiger partial charge in [0.1, 0.15) is 0 Å². The van der Waals surface area contributed by atoms with Crippen molar-refractivity contribution < 1.29 is 4.92 Å². The Bertz CT molecular complexity index is 602. The van der Waals surface area contributed by atoms with E-state index >= 15 is 0 Å². The zero-order valence-corrected chi connectivity index (χ0v) is 12.3. The molecule has 110 valence electrons. The van der Waals surface area contributed by atoms with Crippen LogP contribution in [0.4, 0.5) is 5.69 Å². The van der Waals surface area contributed by atoms with Gasteiger partial charge < -0.3 is 5.32 Å². The fraction of sp³-hybridized carbons (Fsp3) is 0.250. The third-order valence-corrected chi connectivity index (χ3v) is 3.59. The molecule has 4 nitrogen and oxygen atoms in total. The predicted octanol–water partition coefficient (Wildman–Crippen LogP) is 3.97. The number of nitro benzene ring substituents is 1. The normalized spacial score (nSPS) is 10.5. The summed E-state index contributed by atoms with van der Waals surface area (Å²) >= 11 is 6.05. The van der Waals surface area contributed by atoms with E-state index in [-0.39, 0.29) is 5.69 Å². The van der Waals surface area contributed by atoms with Crippen LogP contribution < -0.4 is 5.32 Å². The van der Waals surface area contributed by atoms with Gasteiger partial charge in [-0.1, -0.05) is 41.9 Å². The summed E-state index contributed by atoms with van der Waals surface area (Å²) < 4.78 is 0. The van der Waals surface area contributed by atoms with E-state index < -0.39 is 4.92 Å². The molecule has 2 rings (SSSR count). The molecule has 0 bridgehead atoms.